The average Bonchev–Trinajstić information content (AvgIpc) is 2.75. The summed E-state index contributed by atoms with van der Waals surface area (Å²) in [4.78, 5) is 21.8. The molecule has 0 heterocycles. The standard InChI is InChI=1S/C13H24N2O3/c1-10(9-12(16)17)15-13(18)14-8-4-7-11-5-2-3-6-11/h10-11H,2-9H2,1H3,(H,16,17)(H2,14,15,18). The summed E-state index contributed by atoms with van der Waals surface area (Å²) in [5.74, 6) is -0.0511. The molecule has 1 aliphatic carbocycles. The van der Waals surface area contributed by atoms with Crippen LogP contribution >= 0.6 is 0 Å². The minimum Gasteiger partial charge on any atom is -0.481 e. The van der Waals surface area contributed by atoms with E-state index in [1.165, 1.54) is 32.1 Å². The van der Waals surface area contributed by atoms with E-state index in [-0.39, 0.29) is 18.5 Å². The largest absolute Gasteiger partial charge is 0.481 e. The molecular formula is C13H24N2O3. The van der Waals surface area contributed by atoms with Crippen LogP contribution in [-0.2, 0) is 4.79 Å². The summed E-state index contributed by atoms with van der Waals surface area (Å²) in [6.45, 7) is 2.36. The van der Waals surface area contributed by atoms with Crippen molar-refractivity contribution in [2.24, 2.45) is 5.92 Å². The van der Waals surface area contributed by atoms with Crippen LogP contribution in [0.4, 0.5) is 4.79 Å². The third kappa shape index (κ3) is 6.47. The number of rotatable bonds is 7. The first kappa shape index (κ1) is 14.8. The highest BCUT2D eigenvalue weighted by atomic mass is 16.4. The molecule has 1 aliphatic rings. The normalized spacial score (nSPS) is 17.4. The second kappa shape index (κ2) is 7.95. The molecule has 0 aromatic rings. The van der Waals surface area contributed by atoms with Gasteiger partial charge in [0.1, 0.15) is 0 Å². The van der Waals surface area contributed by atoms with Crippen LogP contribution in [0.25, 0.3) is 0 Å². The lowest BCUT2D eigenvalue weighted by molar-refractivity contribution is -0.137. The van der Waals surface area contributed by atoms with Crippen molar-refractivity contribution in [3.63, 3.8) is 0 Å². The molecule has 0 aromatic heterocycles. The van der Waals surface area contributed by atoms with Crippen molar-refractivity contribution < 1.29 is 14.7 Å². The van der Waals surface area contributed by atoms with Crippen LogP contribution < -0.4 is 10.6 Å². The van der Waals surface area contributed by atoms with Crippen LogP contribution in [-0.4, -0.2) is 29.7 Å². The fourth-order valence-corrected chi connectivity index (χ4v) is 2.48. The van der Waals surface area contributed by atoms with E-state index in [9.17, 15) is 9.59 Å². The Hall–Kier alpha value is -1.26. The molecule has 5 nitrogen and oxygen atoms in total. The zero-order chi connectivity index (χ0) is 13.4. The Morgan fingerprint density at radius 3 is 2.61 bits per heavy atom. The lowest BCUT2D eigenvalue weighted by atomic mass is 10.0. The summed E-state index contributed by atoms with van der Waals surface area (Å²) in [5, 5.41) is 13.9. The summed E-state index contributed by atoms with van der Waals surface area (Å²) in [5.41, 5.74) is 0. The van der Waals surface area contributed by atoms with Crippen molar-refractivity contribution in [1.29, 1.82) is 0 Å². The highest BCUT2D eigenvalue weighted by Crippen LogP contribution is 2.28. The summed E-state index contributed by atoms with van der Waals surface area (Å²) in [6.07, 6.45) is 7.52. The van der Waals surface area contributed by atoms with Gasteiger partial charge in [-0.2, -0.15) is 0 Å². The zero-order valence-electron chi connectivity index (χ0n) is 11.1. The molecule has 0 aromatic carbocycles. The molecule has 0 saturated heterocycles. The van der Waals surface area contributed by atoms with Crippen LogP contribution in [0.3, 0.4) is 0 Å². The van der Waals surface area contributed by atoms with E-state index in [4.69, 9.17) is 5.11 Å². The smallest absolute Gasteiger partial charge is 0.315 e. The van der Waals surface area contributed by atoms with Crippen molar-refractivity contribution in [2.45, 2.75) is 57.9 Å². The molecule has 0 spiro atoms. The van der Waals surface area contributed by atoms with Crippen LogP contribution in [0.5, 0.6) is 0 Å². The summed E-state index contributed by atoms with van der Waals surface area (Å²) in [6, 6.07) is -0.604. The molecular weight excluding hydrogens is 232 g/mol. The molecule has 1 saturated carbocycles. The number of carbonyl (C=O) groups is 2. The quantitative estimate of drug-likeness (QED) is 0.610. The van der Waals surface area contributed by atoms with Gasteiger partial charge in [-0.25, -0.2) is 4.79 Å². The van der Waals surface area contributed by atoms with E-state index < -0.39 is 5.97 Å². The number of carbonyl (C=O) groups excluding carboxylic acids is 1. The summed E-state index contributed by atoms with van der Waals surface area (Å²) >= 11 is 0. The van der Waals surface area contributed by atoms with Gasteiger partial charge in [-0.1, -0.05) is 25.7 Å². The number of urea groups is 1. The number of hydrogen-bond acceptors (Lipinski definition) is 2. The minimum absolute atomic E-state index is 0.0461. The SMILES string of the molecule is CC(CC(=O)O)NC(=O)NCCCC1CCCC1. The van der Waals surface area contributed by atoms with Crippen LogP contribution in [0.1, 0.15) is 51.9 Å². The van der Waals surface area contributed by atoms with E-state index in [1.54, 1.807) is 6.92 Å². The van der Waals surface area contributed by atoms with E-state index in [1.807, 2.05) is 0 Å². The Labute approximate surface area is 108 Å². The van der Waals surface area contributed by atoms with Gasteiger partial charge < -0.3 is 15.7 Å². The molecule has 0 aliphatic heterocycles. The van der Waals surface area contributed by atoms with Crippen LogP contribution in [0.2, 0.25) is 0 Å². The lowest BCUT2D eigenvalue weighted by Gasteiger charge is -2.13. The molecule has 2 amide bonds. The average molecular weight is 256 g/mol. The maximum Gasteiger partial charge on any atom is 0.315 e. The third-order valence-electron chi connectivity index (χ3n) is 3.41. The minimum atomic E-state index is -0.899. The van der Waals surface area contributed by atoms with Gasteiger partial charge in [0.25, 0.3) is 0 Å². The third-order valence-corrected chi connectivity index (χ3v) is 3.41. The van der Waals surface area contributed by atoms with E-state index in [0.29, 0.717) is 6.54 Å². The van der Waals surface area contributed by atoms with Crippen molar-refractivity contribution in [2.75, 3.05) is 6.54 Å². The monoisotopic (exact) mass is 256 g/mol. The first-order valence-electron chi connectivity index (χ1n) is 6.84. The van der Waals surface area contributed by atoms with E-state index in [0.717, 1.165) is 12.3 Å². The second-order valence-corrected chi connectivity index (χ2v) is 5.19. The molecule has 5 heteroatoms. The number of hydrogen-bond donors (Lipinski definition) is 3. The first-order chi connectivity index (χ1) is 8.58. The zero-order valence-corrected chi connectivity index (χ0v) is 11.1. The van der Waals surface area contributed by atoms with Gasteiger partial charge >= 0.3 is 12.0 Å². The number of carboxylic acids is 1. The Morgan fingerprint density at radius 1 is 1.33 bits per heavy atom. The van der Waals surface area contributed by atoms with Gasteiger partial charge in [0.2, 0.25) is 0 Å². The van der Waals surface area contributed by atoms with Crippen molar-refractivity contribution >= 4 is 12.0 Å². The first-order valence-corrected chi connectivity index (χ1v) is 6.84. The molecule has 0 bridgehead atoms. The predicted molar refractivity (Wildman–Crippen MR) is 69.4 cm³/mol. The topological polar surface area (TPSA) is 78.4 Å². The summed E-state index contributed by atoms with van der Waals surface area (Å²) in [7, 11) is 0. The molecule has 3 N–H and O–H groups in total. The number of nitrogens with one attached hydrogen (secondary N) is 2. The Morgan fingerprint density at radius 2 is 2.00 bits per heavy atom. The van der Waals surface area contributed by atoms with Gasteiger partial charge in [0.15, 0.2) is 0 Å². The Balaban J connectivity index is 2.00. The highest BCUT2D eigenvalue weighted by Gasteiger charge is 2.14. The molecule has 1 rings (SSSR count). The second-order valence-electron chi connectivity index (χ2n) is 5.19. The predicted octanol–water partition coefficient (Wildman–Crippen LogP) is 2.12. The van der Waals surface area contributed by atoms with Crippen LogP contribution in [0.15, 0.2) is 0 Å². The van der Waals surface area contributed by atoms with Crippen LogP contribution in [0, 0.1) is 5.92 Å². The maximum atomic E-state index is 11.4. The number of carboxylic acid groups (broad SMARTS) is 1. The fraction of sp³-hybridized carbons (Fsp3) is 0.846. The number of aliphatic carboxylic acids is 1. The Bertz CT molecular complexity index is 275. The molecule has 0 radical (unpaired) electrons. The van der Waals surface area contributed by atoms with Gasteiger partial charge in [0.05, 0.1) is 6.42 Å². The van der Waals surface area contributed by atoms with Gasteiger partial charge in [-0.3, -0.25) is 4.79 Å². The number of amides is 2. The fourth-order valence-electron chi connectivity index (χ4n) is 2.48. The maximum absolute atomic E-state index is 11.4. The van der Waals surface area contributed by atoms with Gasteiger partial charge in [-0.05, 0) is 25.7 Å². The van der Waals surface area contributed by atoms with Crippen molar-refractivity contribution in [3.05, 3.63) is 0 Å². The van der Waals surface area contributed by atoms with E-state index >= 15 is 0 Å². The van der Waals surface area contributed by atoms with Gasteiger partial charge in [0, 0.05) is 12.6 Å². The molecule has 104 valence electrons. The summed E-state index contributed by atoms with van der Waals surface area (Å²) < 4.78 is 0. The lowest BCUT2D eigenvalue weighted by Crippen LogP contribution is -2.41. The highest BCUT2D eigenvalue weighted by molar-refractivity contribution is 5.75. The molecule has 1 fully saturated rings. The molecule has 1 unspecified atom stereocenters. The van der Waals surface area contributed by atoms with E-state index in [2.05, 4.69) is 10.6 Å². The van der Waals surface area contributed by atoms with Crippen molar-refractivity contribution in [3.8, 4) is 0 Å². The molecule has 18 heavy (non-hydrogen) atoms. The molecule has 1 atom stereocenters. The van der Waals surface area contributed by atoms with Gasteiger partial charge in [-0.15, -0.1) is 0 Å². The Kier molecular flexibility index (Phi) is 6.54. The van der Waals surface area contributed by atoms with Crippen molar-refractivity contribution in [1.82, 2.24) is 10.6 Å².